The molecule has 0 fully saturated rings. The van der Waals surface area contributed by atoms with E-state index in [2.05, 4.69) is 47.0 Å². The number of aromatic nitrogens is 5. The summed E-state index contributed by atoms with van der Waals surface area (Å²) >= 11 is 0. The van der Waals surface area contributed by atoms with Gasteiger partial charge in [0, 0.05) is 24.2 Å². The Kier molecular flexibility index (Phi) is 3.60. The number of fused-ring (bicyclic) bond motifs is 4. The van der Waals surface area contributed by atoms with Gasteiger partial charge in [0.1, 0.15) is 5.82 Å². The van der Waals surface area contributed by atoms with Gasteiger partial charge in [-0.2, -0.15) is 0 Å². The molecule has 0 saturated carbocycles. The van der Waals surface area contributed by atoms with Crippen molar-refractivity contribution < 1.29 is 0 Å². The van der Waals surface area contributed by atoms with Gasteiger partial charge in [-0.25, -0.2) is 9.97 Å². The molecule has 0 aliphatic heterocycles. The molecular formula is C22H19N5. The summed E-state index contributed by atoms with van der Waals surface area (Å²) in [5, 5.41) is 1.08. The number of hydrogen-bond acceptors (Lipinski definition) is 4. The Balaban J connectivity index is 1.47. The number of H-pyrrole nitrogens is 1. The molecule has 0 radical (unpaired) electrons. The summed E-state index contributed by atoms with van der Waals surface area (Å²) in [4.78, 5) is 22.1. The van der Waals surface area contributed by atoms with Gasteiger partial charge in [0.2, 0.25) is 0 Å². The molecule has 1 N–H and O–H groups in total. The van der Waals surface area contributed by atoms with Crippen molar-refractivity contribution in [2.24, 2.45) is 0 Å². The third-order valence-electron chi connectivity index (χ3n) is 5.05. The number of imidazole rings is 1. The molecule has 0 amide bonds. The van der Waals surface area contributed by atoms with E-state index in [-0.39, 0.29) is 0 Å². The van der Waals surface area contributed by atoms with Crippen LogP contribution < -0.4 is 0 Å². The van der Waals surface area contributed by atoms with Gasteiger partial charge >= 0.3 is 0 Å². The highest BCUT2D eigenvalue weighted by Gasteiger charge is 2.09. The number of aryl methyl sites for hydroxylation is 4. The third kappa shape index (κ3) is 2.72. The maximum atomic E-state index is 4.84. The van der Waals surface area contributed by atoms with E-state index in [4.69, 9.17) is 9.97 Å². The Morgan fingerprint density at radius 1 is 0.815 bits per heavy atom. The number of hydrogen-bond donors (Lipinski definition) is 1. The fraction of sp³-hybridized carbons (Fsp3) is 0.182. The number of benzene rings is 2. The molecule has 0 aliphatic rings. The van der Waals surface area contributed by atoms with Crippen LogP contribution in [0.25, 0.3) is 33.0 Å². The van der Waals surface area contributed by atoms with Gasteiger partial charge in [0.25, 0.3) is 0 Å². The van der Waals surface area contributed by atoms with Crippen LogP contribution in [0.4, 0.5) is 0 Å². The van der Waals surface area contributed by atoms with Gasteiger partial charge in [-0.15, -0.1) is 0 Å². The van der Waals surface area contributed by atoms with Crippen molar-refractivity contribution in [3.63, 3.8) is 0 Å². The first-order valence-electron chi connectivity index (χ1n) is 9.13. The minimum absolute atomic E-state index is 0.793. The van der Waals surface area contributed by atoms with Gasteiger partial charge in [-0.1, -0.05) is 12.1 Å². The van der Waals surface area contributed by atoms with E-state index in [9.17, 15) is 0 Å². The number of rotatable bonds is 3. The van der Waals surface area contributed by atoms with Gasteiger partial charge in [0.15, 0.2) is 0 Å². The minimum atomic E-state index is 0.793. The van der Waals surface area contributed by atoms with E-state index in [0.717, 1.165) is 68.5 Å². The topological polar surface area (TPSA) is 67.3 Å². The van der Waals surface area contributed by atoms with E-state index < -0.39 is 0 Å². The molecule has 5 rings (SSSR count). The molecule has 0 aliphatic carbocycles. The molecule has 0 bridgehead atoms. The highest BCUT2D eigenvalue weighted by molar-refractivity contribution is 6.02. The van der Waals surface area contributed by atoms with Crippen LogP contribution in [0.5, 0.6) is 0 Å². The monoisotopic (exact) mass is 353 g/mol. The van der Waals surface area contributed by atoms with Crippen molar-refractivity contribution in [3.05, 3.63) is 71.4 Å². The van der Waals surface area contributed by atoms with Crippen LogP contribution in [0.2, 0.25) is 0 Å². The predicted octanol–water partition coefficient (Wildman–Crippen LogP) is 4.46. The van der Waals surface area contributed by atoms with Crippen molar-refractivity contribution in [3.8, 4) is 0 Å². The summed E-state index contributed by atoms with van der Waals surface area (Å²) in [6, 6.07) is 12.3. The molecule has 3 heterocycles. The van der Waals surface area contributed by atoms with E-state index in [1.54, 1.807) is 0 Å². The molecular weight excluding hydrogens is 334 g/mol. The average Bonchev–Trinajstić information content (AvgIpc) is 3.13. The molecule has 0 unspecified atom stereocenters. The fourth-order valence-corrected chi connectivity index (χ4v) is 3.56. The Hall–Kier alpha value is -3.34. The Morgan fingerprint density at radius 3 is 2.56 bits per heavy atom. The van der Waals surface area contributed by atoms with E-state index in [1.165, 1.54) is 0 Å². The molecule has 0 spiro atoms. The highest BCUT2D eigenvalue weighted by atomic mass is 14.9. The maximum Gasteiger partial charge on any atom is 0.107 e. The normalized spacial score (nSPS) is 11.6. The molecule has 0 saturated heterocycles. The van der Waals surface area contributed by atoms with Gasteiger partial charge in [-0.05, 0) is 55.7 Å². The minimum Gasteiger partial charge on any atom is -0.342 e. The van der Waals surface area contributed by atoms with E-state index >= 15 is 0 Å². The number of nitrogens with one attached hydrogen (secondary N) is 1. The summed E-state index contributed by atoms with van der Waals surface area (Å²) in [5.41, 5.74) is 8.28. The van der Waals surface area contributed by atoms with Crippen molar-refractivity contribution in [2.75, 3.05) is 0 Å². The number of aromatic amines is 1. The van der Waals surface area contributed by atoms with Crippen LogP contribution in [-0.2, 0) is 12.8 Å². The first-order chi connectivity index (χ1) is 13.2. The van der Waals surface area contributed by atoms with Crippen LogP contribution in [0.1, 0.15) is 22.6 Å². The van der Waals surface area contributed by atoms with E-state index in [1.807, 2.05) is 30.6 Å². The molecule has 132 valence electrons. The van der Waals surface area contributed by atoms with Crippen LogP contribution in [-0.4, -0.2) is 24.9 Å². The van der Waals surface area contributed by atoms with Crippen LogP contribution >= 0.6 is 0 Å². The first-order valence-corrected chi connectivity index (χ1v) is 9.13. The SMILES string of the molecule is Cc1ccc(C)c2nc(CCc3nc4c(ccc5ncccc54)[nH]3)cnc12. The molecule has 5 heteroatoms. The largest absolute Gasteiger partial charge is 0.342 e. The zero-order chi connectivity index (χ0) is 18.4. The number of pyridine rings is 1. The smallest absolute Gasteiger partial charge is 0.107 e. The van der Waals surface area contributed by atoms with Crippen molar-refractivity contribution in [2.45, 2.75) is 26.7 Å². The first kappa shape index (κ1) is 15.9. The van der Waals surface area contributed by atoms with Crippen LogP contribution in [0.3, 0.4) is 0 Å². The molecule has 3 aromatic heterocycles. The lowest BCUT2D eigenvalue weighted by atomic mass is 10.1. The van der Waals surface area contributed by atoms with Crippen molar-refractivity contribution >= 4 is 33.0 Å². The Morgan fingerprint density at radius 2 is 1.67 bits per heavy atom. The van der Waals surface area contributed by atoms with Crippen LogP contribution in [0, 0.1) is 13.8 Å². The summed E-state index contributed by atoms with van der Waals surface area (Å²) in [7, 11) is 0. The lowest BCUT2D eigenvalue weighted by Crippen LogP contribution is -1.99. The highest BCUT2D eigenvalue weighted by Crippen LogP contribution is 2.23. The second-order valence-corrected chi connectivity index (χ2v) is 6.97. The van der Waals surface area contributed by atoms with Gasteiger partial charge in [-0.3, -0.25) is 9.97 Å². The lowest BCUT2D eigenvalue weighted by molar-refractivity contribution is 0.859. The number of nitrogens with zero attached hydrogens (tertiary/aromatic N) is 4. The van der Waals surface area contributed by atoms with Crippen molar-refractivity contribution in [1.29, 1.82) is 0 Å². The quantitative estimate of drug-likeness (QED) is 0.520. The molecule has 2 aromatic carbocycles. The second-order valence-electron chi connectivity index (χ2n) is 6.97. The second kappa shape index (κ2) is 6.13. The Bertz CT molecular complexity index is 1300. The predicted molar refractivity (Wildman–Crippen MR) is 108 cm³/mol. The van der Waals surface area contributed by atoms with Crippen LogP contribution in [0.15, 0.2) is 48.8 Å². The van der Waals surface area contributed by atoms with Gasteiger partial charge < -0.3 is 4.98 Å². The molecule has 0 atom stereocenters. The molecule has 5 aromatic rings. The maximum absolute atomic E-state index is 4.84. The zero-order valence-corrected chi connectivity index (χ0v) is 15.3. The van der Waals surface area contributed by atoms with Crippen molar-refractivity contribution in [1.82, 2.24) is 24.9 Å². The summed E-state index contributed by atoms with van der Waals surface area (Å²) in [5.74, 6) is 0.962. The van der Waals surface area contributed by atoms with Gasteiger partial charge in [0.05, 0.1) is 33.3 Å². The summed E-state index contributed by atoms with van der Waals surface area (Å²) in [6.07, 6.45) is 5.29. The Labute approximate surface area is 156 Å². The average molecular weight is 353 g/mol. The molecule has 27 heavy (non-hydrogen) atoms. The summed E-state index contributed by atoms with van der Waals surface area (Å²) < 4.78 is 0. The molecule has 5 nitrogen and oxygen atoms in total. The zero-order valence-electron chi connectivity index (χ0n) is 15.3. The van der Waals surface area contributed by atoms with E-state index in [0.29, 0.717) is 0 Å². The summed E-state index contributed by atoms with van der Waals surface area (Å²) in [6.45, 7) is 4.16. The fourth-order valence-electron chi connectivity index (χ4n) is 3.56. The third-order valence-corrected chi connectivity index (χ3v) is 5.05. The standard InChI is InChI=1S/C22H19N5/c1-13-5-6-14(2)21-20(13)24-12-15(25-21)7-10-19-26-18-9-8-17-16(22(18)27-19)4-3-11-23-17/h3-6,8-9,11-12H,7,10H2,1-2H3,(H,26,27). The lowest BCUT2D eigenvalue weighted by Gasteiger charge is -2.06.